The van der Waals surface area contributed by atoms with Crippen molar-refractivity contribution in [1.82, 2.24) is 14.5 Å². The molecule has 1 unspecified atom stereocenters. The molecule has 17 heavy (non-hydrogen) atoms. The lowest BCUT2D eigenvalue weighted by Gasteiger charge is -2.30. The zero-order valence-corrected chi connectivity index (χ0v) is 10.9. The minimum absolute atomic E-state index is 0.175. The maximum absolute atomic E-state index is 12.3. The number of piperidine rings is 1. The van der Waals surface area contributed by atoms with Crippen LogP contribution in [0.3, 0.4) is 0 Å². The Labute approximate surface area is 107 Å². The Hall–Kier alpha value is -1.03. The number of aromatic nitrogens is 2. The summed E-state index contributed by atoms with van der Waals surface area (Å²) in [6.07, 6.45) is 6.86. The van der Waals surface area contributed by atoms with Gasteiger partial charge in [-0.25, -0.2) is 4.98 Å². The Bertz CT molecular complexity index is 385. The van der Waals surface area contributed by atoms with Gasteiger partial charge in [0.1, 0.15) is 6.04 Å². The molecule has 1 aromatic rings. The molecule has 1 atom stereocenters. The molecule has 1 amide bonds. The second-order valence-electron chi connectivity index (χ2n) is 4.49. The second-order valence-corrected chi connectivity index (χ2v) is 4.76. The van der Waals surface area contributed by atoms with E-state index in [0.29, 0.717) is 5.88 Å². The molecule has 1 saturated heterocycles. The number of carbonyl (C=O) groups is 1. The van der Waals surface area contributed by atoms with E-state index >= 15 is 0 Å². The van der Waals surface area contributed by atoms with Gasteiger partial charge in [0.15, 0.2) is 0 Å². The van der Waals surface area contributed by atoms with Crippen molar-refractivity contribution in [2.75, 3.05) is 13.1 Å². The molecule has 1 aliphatic rings. The summed E-state index contributed by atoms with van der Waals surface area (Å²) < 4.78 is 1.87. The van der Waals surface area contributed by atoms with Crippen LogP contribution < -0.4 is 0 Å². The van der Waals surface area contributed by atoms with Crippen molar-refractivity contribution in [2.24, 2.45) is 0 Å². The molecule has 4 nitrogen and oxygen atoms in total. The average molecular weight is 256 g/mol. The van der Waals surface area contributed by atoms with Gasteiger partial charge >= 0.3 is 0 Å². The monoisotopic (exact) mass is 255 g/mol. The average Bonchev–Trinajstić information content (AvgIpc) is 2.86. The molecule has 5 heteroatoms. The van der Waals surface area contributed by atoms with Gasteiger partial charge in [-0.3, -0.25) is 4.79 Å². The zero-order chi connectivity index (χ0) is 12.3. The number of carbonyl (C=O) groups excluding carboxylic acids is 1. The number of hydrogen-bond acceptors (Lipinski definition) is 2. The van der Waals surface area contributed by atoms with E-state index in [1.54, 1.807) is 12.5 Å². The molecular weight excluding hydrogens is 238 g/mol. The first kappa shape index (κ1) is 12.4. The van der Waals surface area contributed by atoms with Crippen LogP contribution in [0.25, 0.3) is 0 Å². The van der Waals surface area contributed by atoms with E-state index in [2.05, 4.69) is 4.98 Å². The van der Waals surface area contributed by atoms with Crippen LogP contribution in [0.2, 0.25) is 0 Å². The summed E-state index contributed by atoms with van der Waals surface area (Å²) in [6, 6.07) is -0.204. The van der Waals surface area contributed by atoms with Crippen LogP contribution in [0.5, 0.6) is 0 Å². The number of alkyl halides is 1. The Morgan fingerprint density at radius 3 is 2.82 bits per heavy atom. The van der Waals surface area contributed by atoms with Gasteiger partial charge in [0, 0.05) is 19.3 Å². The molecule has 0 N–H and O–H groups in total. The van der Waals surface area contributed by atoms with Crippen molar-refractivity contribution >= 4 is 17.5 Å². The fourth-order valence-electron chi connectivity index (χ4n) is 2.28. The van der Waals surface area contributed by atoms with Gasteiger partial charge < -0.3 is 9.47 Å². The Morgan fingerprint density at radius 2 is 2.18 bits per heavy atom. The van der Waals surface area contributed by atoms with E-state index in [9.17, 15) is 4.79 Å². The van der Waals surface area contributed by atoms with Crippen LogP contribution in [0.15, 0.2) is 12.5 Å². The molecule has 0 aliphatic carbocycles. The SMILES string of the molecule is CC(C(=O)N1CCCCC1)n1cncc1CCl. The minimum atomic E-state index is -0.204. The topological polar surface area (TPSA) is 38.1 Å². The van der Waals surface area contributed by atoms with Gasteiger partial charge in [0.05, 0.1) is 17.9 Å². The zero-order valence-electron chi connectivity index (χ0n) is 10.1. The third-order valence-corrected chi connectivity index (χ3v) is 3.60. The lowest BCUT2D eigenvalue weighted by Crippen LogP contribution is -2.39. The summed E-state index contributed by atoms with van der Waals surface area (Å²) in [6.45, 7) is 3.68. The highest BCUT2D eigenvalue weighted by atomic mass is 35.5. The van der Waals surface area contributed by atoms with Crippen LogP contribution in [-0.4, -0.2) is 33.4 Å². The van der Waals surface area contributed by atoms with Crippen molar-refractivity contribution in [1.29, 1.82) is 0 Å². The number of imidazole rings is 1. The van der Waals surface area contributed by atoms with E-state index in [1.165, 1.54) is 6.42 Å². The van der Waals surface area contributed by atoms with Gasteiger partial charge in [-0.15, -0.1) is 11.6 Å². The standard InChI is InChI=1S/C12H18ClN3O/c1-10(16-9-14-8-11(16)7-13)12(17)15-5-3-2-4-6-15/h8-10H,2-7H2,1H3. The van der Waals surface area contributed by atoms with Crippen molar-refractivity contribution in [3.05, 3.63) is 18.2 Å². The smallest absolute Gasteiger partial charge is 0.245 e. The maximum atomic E-state index is 12.3. The van der Waals surface area contributed by atoms with E-state index in [4.69, 9.17) is 11.6 Å². The summed E-state index contributed by atoms with van der Waals surface area (Å²) in [5.74, 6) is 0.562. The third-order valence-electron chi connectivity index (χ3n) is 3.33. The molecule has 1 fully saturated rings. The lowest BCUT2D eigenvalue weighted by atomic mass is 10.1. The fraction of sp³-hybridized carbons (Fsp3) is 0.667. The number of nitrogens with zero attached hydrogens (tertiary/aromatic N) is 3. The third kappa shape index (κ3) is 2.63. The van der Waals surface area contributed by atoms with Crippen LogP contribution in [-0.2, 0) is 10.7 Å². The van der Waals surface area contributed by atoms with Crippen molar-refractivity contribution in [3.63, 3.8) is 0 Å². The predicted octanol–water partition coefficient (Wildman–Crippen LogP) is 2.20. The normalized spacial score (nSPS) is 18.1. The van der Waals surface area contributed by atoms with Crippen LogP contribution in [0, 0.1) is 0 Å². The second kappa shape index (κ2) is 5.54. The molecule has 1 aliphatic heterocycles. The highest BCUT2D eigenvalue weighted by Crippen LogP contribution is 2.18. The van der Waals surface area contributed by atoms with Crippen molar-refractivity contribution in [3.8, 4) is 0 Å². The van der Waals surface area contributed by atoms with Gasteiger partial charge in [0.25, 0.3) is 0 Å². The first-order valence-corrected chi connectivity index (χ1v) is 6.63. The van der Waals surface area contributed by atoms with Gasteiger partial charge in [0.2, 0.25) is 5.91 Å². The molecular formula is C12H18ClN3O. The molecule has 0 bridgehead atoms. The highest BCUT2D eigenvalue weighted by molar-refractivity contribution is 6.16. The Morgan fingerprint density at radius 1 is 1.47 bits per heavy atom. The Kier molecular flexibility index (Phi) is 4.05. The summed E-state index contributed by atoms with van der Waals surface area (Å²) >= 11 is 5.82. The molecule has 0 aromatic carbocycles. The first-order chi connectivity index (χ1) is 8.24. The van der Waals surface area contributed by atoms with Gasteiger partial charge in [-0.1, -0.05) is 0 Å². The van der Waals surface area contributed by atoms with E-state index in [1.807, 2.05) is 16.4 Å². The summed E-state index contributed by atoms with van der Waals surface area (Å²) in [7, 11) is 0. The number of rotatable bonds is 3. The number of halogens is 1. The molecule has 2 rings (SSSR count). The van der Waals surface area contributed by atoms with Gasteiger partial charge in [-0.2, -0.15) is 0 Å². The summed E-state index contributed by atoms with van der Waals surface area (Å²) in [5, 5.41) is 0. The number of hydrogen-bond donors (Lipinski definition) is 0. The van der Waals surface area contributed by atoms with Crippen molar-refractivity contribution < 1.29 is 4.79 Å². The van der Waals surface area contributed by atoms with Gasteiger partial charge in [-0.05, 0) is 26.2 Å². The molecule has 2 heterocycles. The summed E-state index contributed by atoms with van der Waals surface area (Å²) in [5.41, 5.74) is 0.893. The quantitative estimate of drug-likeness (QED) is 0.777. The van der Waals surface area contributed by atoms with E-state index in [-0.39, 0.29) is 11.9 Å². The lowest BCUT2D eigenvalue weighted by molar-refractivity contribution is -0.135. The first-order valence-electron chi connectivity index (χ1n) is 6.09. The highest BCUT2D eigenvalue weighted by Gasteiger charge is 2.24. The van der Waals surface area contributed by atoms with Crippen LogP contribution >= 0.6 is 11.6 Å². The Balaban J connectivity index is 2.08. The molecule has 0 spiro atoms. The predicted molar refractivity (Wildman–Crippen MR) is 66.9 cm³/mol. The number of likely N-dealkylation sites (tertiary alicyclic amines) is 1. The number of amides is 1. The molecule has 0 radical (unpaired) electrons. The summed E-state index contributed by atoms with van der Waals surface area (Å²) in [4.78, 5) is 18.3. The molecule has 0 saturated carbocycles. The van der Waals surface area contributed by atoms with Crippen LogP contribution in [0.4, 0.5) is 0 Å². The fourth-order valence-corrected chi connectivity index (χ4v) is 2.49. The van der Waals surface area contributed by atoms with E-state index in [0.717, 1.165) is 31.6 Å². The maximum Gasteiger partial charge on any atom is 0.245 e. The molecule has 1 aromatic heterocycles. The minimum Gasteiger partial charge on any atom is -0.341 e. The van der Waals surface area contributed by atoms with Crippen molar-refractivity contribution in [2.45, 2.75) is 38.1 Å². The van der Waals surface area contributed by atoms with Crippen LogP contribution in [0.1, 0.15) is 37.9 Å². The van der Waals surface area contributed by atoms with E-state index < -0.39 is 0 Å². The molecule has 94 valence electrons. The largest absolute Gasteiger partial charge is 0.341 e.